The zero-order valence-corrected chi connectivity index (χ0v) is 15.9. The Morgan fingerprint density at radius 2 is 1.96 bits per heavy atom. The van der Waals surface area contributed by atoms with Crippen molar-refractivity contribution in [2.75, 3.05) is 26.8 Å². The first-order chi connectivity index (χ1) is 12.3. The molecule has 2 heterocycles. The highest BCUT2D eigenvalue weighted by Gasteiger charge is 2.30. The van der Waals surface area contributed by atoms with Crippen LogP contribution in [0.25, 0.3) is 11.0 Å². The molecule has 0 amide bonds. The SMILES string of the molecule is CO[C@@H]1CCC[C@@H]1Oc1cccc2onc(OCC3CCNCC3)c12.Cl. The van der Waals surface area contributed by atoms with E-state index < -0.39 is 0 Å². The summed E-state index contributed by atoms with van der Waals surface area (Å²) in [7, 11) is 1.75. The van der Waals surface area contributed by atoms with E-state index in [1.807, 2.05) is 18.2 Å². The highest BCUT2D eigenvalue weighted by Crippen LogP contribution is 2.36. The first-order valence-corrected chi connectivity index (χ1v) is 9.26. The van der Waals surface area contributed by atoms with Gasteiger partial charge in [-0.05, 0) is 68.4 Å². The Bertz CT molecular complexity index is 702. The van der Waals surface area contributed by atoms with Gasteiger partial charge in [0.05, 0.1) is 12.7 Å². The van der Waals surface area contributed by atoms with Crippen molar-refractivity contribution in [1.82, 2.24) is 10.5 Å². The van der Waals surface area contributed by atoms with Crippen LogP contribution in [0.1, 0.15) is 32.1 Å². The van der Waals surface area contributed by atoms with E-state index in [0.29, 0.717) is 24.0 Å². The van der Waals surface area contributed by atoms with Crippen LogP contribution in [0.15, 0.2) is 22.7 Å². The number of benzene rings is 1. The summed E-state index contributed by atoms with van der Waals surface area (Å²) in [5.41, 5.74) is 0.699. The van der Waals surface area contributed by atoms with Crippen LogP contribution < -0.4 is 14.8 Å². The molecule has 0 bridgehead atoms. The predicted octanol–water partition coefficient (Wildman–Crippen LogP) is 3.57. The van der Waals surface area contributed by atoms with Crippen LogP contribution in [0.3, 0.4) is 0 Å². The molecule has 1 saturated carbocycles. The second-order valence-corrected chi connectivity index (χ2v) is 6.98. The molecule has 26 heavy (non-hydrogen) atoms. The van der Waals surface area contributed by atoms with Crippen LogP contribution in [0, 0.1) is 5.92 Å². The van der Waals surface area contributed by atoms with Gasteiger partial charge in [0.2, 0.25) is 0 Å². The highest BCUT2D eigenvalue weighted by molar-refractivity contribution is 5.88. The van der Waals surface area contributed by atoms with E-state index in [2.05, 4.69) is 10.5 Å². The molecular weight excluding hydrogens is 356 g/mol. The fourth-order valence-electron chi connectivity index (χ4n) is 3.84. The summed E-state index contributed by atoms with van der Waals surface area (Å²) in [5, 5.41) is 8.34. The normalized spacial score (nSPS) is 23.7. The maximum Gasteiger partial charge on any atom is 0.265 e. The molecule has 6 nitrogen and oxygen atoms in total. The minimum absolute atomic E-state index is 0. The molecular formula is C19H27ClN2O4. The minimum atomic E-state index is 0. The van der Waals surface area contributed by atoms with Gasteiger partial charge in [-0.2, -0.15) is 0 Å². The molecule has 0 unspecified atom stereocenters. The van der Waals surface area contributed by atoms with E-state index >= 15 is 0 Å². The van der Waals surface area contributed by atoms with Gasteiger partial charge in [0.15, 0.2) is 5.58 Å². The smallest absolute Gasteiger partial charge is 0.265 e. The summed E-state index contributed by atoms with van der Waals surface area (Å²) >= 11 is 0. The van der Waals surface area contributed by atoms with Crippen LogP contribution in [-0.2, 0) is 4.74 Å². The molecule has 2 aromatic rings. The van der Waals surface area contributed by atoms with Gasteiger partial charge in [0.1, 0.15) is 17.2 Å². The maximum atomic E-state index is 6.27. The predicted molar refractivity (Wildman–Crippen MR) is 101 cm³/mol. The van der Waals surface area contributed by atoms with Gasteiger partial charge >= 0.3 is 0 Å². The van der Waals surface area contributed by atoms with Gasteiger partial charge in [-0.25, -0.2) is 0 Å². The molecule has 1 aliphatic heterocycles. The highest BCUT2D eigenvalue weighted by atomic mass is 35.5. The number of fused-ring (bicyclic) bond motifs is 1. The summed E-state index contributed by atoms with van der Waals surface area (Å²) in [5.74, 6) is 1.87. The Morgan fingerprint density at radius 3 is 2.77 bits per heavy atom. The summed E-state index contributed by atoms with van der Waals surface area (Å²) in [6.07, 6.45) is 5.66. The van der Waals surface area contributed by atoms with Gasteiger partial charge in [-0.15, -0.1) is 12.4 Å². The molecule has 1 saturated heterocycles. The third-order valence-electron chi connectivity index (χ3n) is 5.32. The Kier molecular flexibility index (Phi) is 6.62. The molecule has 0 spiro atoms. The number of ether oxygens (including phenoxy) is 3. The van der Waals surface area contributed by atoms with E-state index in [9.17, 15) is 0 Å². The van der Waals surface area contributed by atoms with Crippen molar-refractivity contribution in [2.45, 2.75) is 44.3 Å². The molecule has 7 heteroatoms. The summed E-state index contributed by atoms with van der Waals surface area (Å²) in [6.45, 7) is 2.78. The third-order valence-corrected chi connectivity index (χ3v) is 5.32. The summed E-state index contributed by atoms with van der Waals surface area (Å²) in [6, 6.07) is 5.78. The quantitative estimate of drug-likeness (QED) is 0.823. The van der Waals surface area contributed by atoms with Crippen LogP contribution >= 0.6 is 12.4 Å². The molecule has 1 aromatic carbocycles. The monoisotopic (exact) mass is 382 g/mol. The van der Waals surface area contributed by atoms with E-state index in [-0.39, 0.29) is 24.6 Å². The van der Waals surface area contributed by atoms with Crippen LogP contribution in [-0.4, -0.2) is 44.2 Å². The topological polar surface area (TPSA) is 65.8 Å². The molecule has 0 radical (unpaired) electrons. The zero-order valence-electron chi connectivity index (χ0n) is 15.1. The van der Waals surface area contributed by atoms with Gasteiger partial charge in [-0.1, -0.05) is 6.07 Å². The lowest BCUT2D eigenvalue weighted by Crippen LogP contribution is -2.30. The Morgan fingerprint density at radius 1 is 1.15 bits per heavy atom. The van der Waals surface area contributed by atoms with Crippen molar-refractivity contribution in [2.24, 2.45) is 5.92 Å². The first kappa shape index (κ1) is 19.3. The lowest BCUT2D eigenvalue weighted by molar-refractivity contribution is 0.0235. The number of nitrogens with one attached hydrogen (secondary N) is 1. The molecule has 2 aliphatic rings. The molecule has 4 rings (SSSR count). The number of hydrogen-bond acceptors (Lipinski definition) is 6. The third kappa shape index (κ3) is 4.08. The van der Waals surface area contributed by atoms with Gasteiger partial charge < -0.3 is 24.1 Å². The Labute approximate surface area is 159 Å². The standard InChI is InChI=1S/C19H26N2O4.ClH/c1-22-14-4-2-5-15(14)24-16-6-3-7-17-18(16)19(21-25-17)23-12-13-8-10-20-11-9-13;/h3,6-7,13-15,20H,2,4-5,8-12H2,1H3;1H/t14-,15+;/m1./s1. The number of rotatable bonds is 6. The fraction of sp³-hybridized carbons (Fsp3) is 0.632. The molecule has 2 fully saturated rings. The number of methoxy groups -OCH3 is 1. The zero-order chi connectivity index (χ0) is 17.1. The largest absolute Gasteiger partial charge is 0.487 e. The van der Waals surface area contributed by atoms with Crippen LogP contribution in [0.5, 0.6) is 11.6 Å². The number of aromatic nitrogens is 1. The molecule has 1 N–H and O–H groups in total. The number of hydrogen-bond donors (Lipinski definition) is 1. The summed E-state index contributed by atoms with van der Waals surface area (Å²) < 4.78 is 23.3. The van der Waals surface area contributed by atoms with Gasteiger partial charge in [-0.3, -0.25) is 0 Å². The summed E-state index contributed by atoms with van der Waals surface area (Å²) in [4.78, 5) is 0. The minimum Gasteiger partial charge on any atom is -0.487 e. The second-order valence-electron chi connectivity index (χ2n) is 6.98. The first-order valence-electron chi connectivity index (χ1n) is 9.26. The van der Waals surface area contributed by atoms with Crippen molar-refractivity contribution in [3.05, 3.63) is 18.2 Å². The Hall–Kier alpha value is -1.50. The van der Waals surface area contributed by atoms with Gasteiger partial charge in [0, 0.05) is 7.11 Å². The number of halogens is 1. The lowest BCUT2D eigenvalue weighted by Gasteiger charge is -2.22. The van der Waals surface area contributed by atoms with Gasteiger partial charge in [0.25, 0.3) is 5.88 Å². The lowest BCUT2D eigenvalue weighted by atomic mass is 9.99. The van der Waals surface area contributed by atoms with E-state index in [1.165, 1.54) is 0 Å². The van der Waals surface area contributed by atoms with Crippen molar-refractivity contribution < 1.29 is 18.7 Å². The van der Waals surface area contributed by atoms with Crippen LogP contribution in [0.2, 0.25) is 0 Å². The maximum absolute atomic E-state index is 6.27. The van der Waals surface area contributed by atoms with Crippen LogP contribution in [0.4, 0.5) is 0 Å². The molecule has 1 aliphatic carbocycles. The average Bonchev–Trinajstić information content (AvgIpc) is 3.28. The Balaban J connectivity index is 0.00000196. The average molecular weight is 383 g/mol. The number of nitrogens with zero attached hydrogens (tertiary/aromatic N) is 1. The molecule has 144 valence electrons. The molecule has 1 aromatic heterocycles. The fourth-order valence-corrected chi connectivity index (χ4v) is 3.84. The van der Waals surface area contributed by atoms with Crippen molar-refractivity contribution in [3.8, 4) is 11.6 Å². The number of piperidine rings is 1. The van der Waals surface area contributed by atoms with E-state index in [4.69, 9.17) is 18.7 Å². The van der Waals surface area contributed by atoms with E-state index in [1.54, 1.807) is 7.11 Å². The second kappa shape index (κ2) is 8.93. The van der Waals surface area contributed by atoms with Crippen molar-refractivity contribution in [3.63, 3.8) is 0 Å². The molecule has 2 atom stereocenters. The van der Waals surface area contributed by atoms with Crippen molar-refractivity contribution in [1.29, 1.82) is 0 Å². The van der Waals surface area contributed by atoms with E-state index in [0.717, 1.165) is 56.3 Å². The van der Waals surface area contributed by atoms with Crippen molar-refractivity contribution >= 4 is 23.4 Å².